The van der Waals surface area contributed by atoms with Gasteiger partial charge in [-0.15, -0.1) is 11.3 Å². The molecule has 0 aliphatic carbocycles. The molecule has 1 aromatic carbocycles. The first-order chi connectivity index (χ1) is 14.9. The molecule has 2 atom stereocenters. The van der Waals surface area contributed by atoms with Crippen LogP contribution in [0.25, 0.3) is 10.2 Å². The largest absolute Gasteiger partial charge is 0.468 e. The number of carbonyl (C=O) groups excluding carboxylic acids is 1. The summed E-state index contributed by atoms with van der Waals surface area (Å²) >= 11 is 2.77. The number of thioether (sulfide) groups is 1. The number of nitrogens with zero attached hydrogens (tertiary/aromatic N) is 2. The second-order valence-corrected chi connectivity index (χ2v) is 10.4. The van der Waals surface area contributed by atoms with Crippen LogP contribution in [0.15, 0.2) is 40.3 Å². The average Bonchev–Trinajstić information content (AvgIpc) is 3.13. The van der Waals surface area contributed by atoms with Crippen LogP contribution in [-0.4, -0.2) is 34.0 Å². The number of fused-ring (bicyclic) bond motifs is 3. The van der Waals surface area contributed by atoms with Crippen molar-refractivity contribution < 1.29 is 14.3 Å². The summed E-state index contributed by atoms with van der Waals surface area (Å²) in [5, 5.41) is 0.749. The lowest BCUT2D eigenvalue weighted by Gasteiger charge is -2.26. The molecule has 0 radical (unpaired) electrons. The zero-order chi connectivity index (χ0) is 22.1. The van der Waals surface area contributed by atoms with Crippen molar-refractivity contribution in [2.24, 2.45) is 5.92 Å². The first kappa shape index (κ1) is 22.0. The molecule has 3 heterocycles. The van der Waals surface area contributed by atoms with Gasteiger partial charge in [0.25, 0.3) is 5.56 Å². The maximum absolute atomic E-state index is 13.7. The second-order valence-electron chi connectivity index (χ2n) is 8.04. The van der Waals surface area contributed by atoms with Gasteiger partial charge < -0.3 is 9.47 Å². The predicted molar refractivity (Wildman–Crippen MR) is 124 cm³/mol. The number of hydrogen-bond donors (Lipinski definition) is 0. The lowest BCUT2D eigenvalue weighted by Crippen LogP contribution is -2.29. The number of benzene rings is 1. The van der Waals surface area contributed by atoms with Gasteiger partial charge in [-0.3, -0.25) is 14.2 Å². The van der Waals surface area contributed by atoms with E-state index < -0.39 is 5.25 Å². The van der Waals surface area contributed by atoms with Gasteiger partial charge in [0.1, 0.15) is 10.1 Å². The minimum atomic E-state index is -0.473. The highest BCUT2D eigenvalue weighted by Crippen LogP contribution is 2.36. The Morgan fingerprint density at radius 2 is 2.06 bits per heavy atom. The zero-order valence-electron chi connectivity index (χ0n) is 18.1. The Labute approximate surface area is 189 Å². The Morgan fingerprint density at radius 1 is 1.32 bits per heavy atom. The molecule has 0 N–H and O–H groups in total. The van der Waals surface area contributed by atoms with Crippen molar-refractivity contribution in [3.63, 3.8) is 0 Å². The molecule has 0 saturated carbocycles. The molecule has 31 heavy (non-hydrogen) atoms. The molecule has 0 spiro atoms. The van der Waals surface area contributed by atoms with Crippen molar-refractivity contribution in [1.82, 2.24) is 9.55 Å². The summed E-state index contributed by atoms with van der Waals surface area (Å²) in [6.07, 6.45) is 0.820. The highest BCUT2D eigenvalue weighted by Gasteiger charge is 2.29. The van der Waals surface area contributed by atoms with Crippen molar-refractivity contribution in [2.45, 2.75) is 56.9 Å². The molecule has 0 saturated heterocycles. The maximum atomic E-state index is 13.7. The molecule has 1 aliphatic rings. The van der Waals surface area contributed by atoms with Gasteiger partial charge in [-0.2, -0.15) is 0 Å². The number of aromatic nitrogens is 2. The quantitative estimate of drug-likeness (QED) is 0.312. The number of hydrogen-bond acceptors (Lipinski definition) is 7. The van der Waals surface area contributed by atoms with Gasteiger partial charge in [-0.25, -0.2) is 4.98 Å². The molecule has 4 rings (SSSR count). The van der Waals surface area contributed by atoms with Gasteiger partial charge in [-0.05, 0) is 24.0 Å². The fourth-order valence-electron chi connectivity index (χ4n) is 3.74. The van der Waals surface area contributed by atoms with Crippen LogP contribution in [0.2, 0.25) is 0 Å². The summed E-state index contributed by atoms with van der Waals surface area (Å²) in [5.74, 6) is 0.0302. The Hall–Kier alpha value is -2.16. The molecule has 0 bridgehead atoms. The molecular formula is C23H26N2O4S2. The number of carbonyl (C=O) groups is 1. The second kappa shape index (κ2) is 9.14. The molecule has 0 fully saturated rings. The van der Waals surface area contributed by atoms with E-state index >= 15 is 0 Å². The molecule has 164 valence electrons. The molecule has 0 unspecified atom stereocenters. The van der Waals surface area contributed by atoms with Crippen molar-refractivity contribution in [2.75, 3.05) is 7.11 Å². The maximum Gasteiger partial charge on any atom is 0.318 e. The van der Waals surface area contributed by atoms with Gasteiger partial charge in [0.15, 0.2) is 5.16 Å². The normalized spacial score (nSPS) is 17.0. The Balaban J connectivity index is 1.85. The van der Waals surface area contributed by atoms with Gasteiger partial charge >= 0.3 is 5.97 Å². The highest BCUT2D eigenvalue weighted by atomic mass is 32.2. The first-order valence-electron chi connectivity index (χ1n) is 10.3. The van der Waals surface area contributed by atoms with Crippen LogP contribution in [0.5, 0.6) is 0 Å². The van der Waals surface area contributed by atoms with Gasteiger partial charge in [-0.1, -0.05) is 55.9 Å². The van der Waals surface area contributed by atoms with Gasteiger partial charge in [0.05, 0.1) is 31.8 Å². The van der Waals surface area contributed by atoms with Crippen LogP contribution in [0, 0.1) is 5.92 Å². The minimum Gasteiger partial charge on any atom is -0.468 e. The SMILES string of the molecule is COC(=O)[C@@H](C)Sc1nc2sc3c(c2c(=O)n1Cc1ccccc1)C[C@@H](C(C)C)OC3. The topological polar surface area (TPSA) is 70.4 Å². The van der Waals surface area contributed by atoms with E-state index in [4.69, 9.17) is 14.5 Å². The van der Waals surface area contributed by atoms with E-state index in [1.165, 1.54) is 30.2 Å². The lowest BCUT2D eigenvalue weighted by molar-refractivity contribution is -0.139. The van der Waals surface area contributed by atoms with Gasteiger partial charge in [0.2, 0.25) is 0 Å². The van der Waals surface area contributed by atoms with Crippen molar-refractivity contribution in [3.8, 4) is 0 Å². The summed E-state index contributed by atoms with van der Waals surface area (Å²) in [4.78, 5) is 32.4. The molecular weight excluding hydrogens is 432 g/mol. The van der Waals surface area contributed by atoms with Crippen LogP contribution in [0.1, 0.15) is 36.8 Å². The van der Waals surface area contributed by atoms with E-state index in [2.05, 4.69) is 13.8 Å². The Morgan fingerprint density at radius 3 is 2.74 bits per heavy atom. The fourth-order valence-corrected chi connectivity index (χ4v) is 5.84. The zero-order valence-corrected chi connectivity index (χ0v) is 19.7. The number of methoxy groups -OCH3 is 1. The predicted octanol–water partition coefficient (Wildman–Crippen LogP) is 4.26. The summed E-state index contributed by atoms with van der Waals surface area (Å²) in [5.41, 5.74) is 2.02. The Bertz CT molecular complexity index is 1150. The van der Waals surface area contributed by atoms with E-state index in [1.54, 1.807) is 11.5 Å². The van der Waals surface area contributed by atoms with E-state index in [9.17, 15) is 9.59 Å². The monoisotopic (exact) mass is 458 g/mol. The van der Waals surface area contributed by atoms with Crippen molar-refractivity contribution in [1.29, 1.82) is 0 Å². The standard InChI is InChI=1S/C23H26N2O4S2/c1-13(2)17-10-16-18(12-29-17)31-20-19(16)21(26)25(11-15-8-6-5-7-9-15)23(24-20)30-14(3)22(27)28-4/h5-9,13-14,17H,10-12H2,1-4H3/t14-,17+/m1/s1. The van der Waals surface area contributed by atoms with E-state index in [1.807, 2.05) is 30.3 Å². The molecule has 6 nitrogen and oxygen atoms in total. The number of esters is 1. The van der Waals surface area contributed by atoms with Crippen LogP contribution < -0.4 is 5.56 Å². The third-order valence-electron chi connectivity index (χ3n) is 5.54. The number of rotatable bonds is 6. The molecule has 8 heteroatoms. The van der Waals surface area contributed by atoms with Crippen LogP contribution in [0.4, 0.5) is 0 Å². The summed E-state index contributed by atoms with van der Waals surface area (Å²) < 4.78 is 12.6. The lowest BCUT2D eigenvalue weighted by atomic mass is 9.96. The van der Waals surface area contributed by atoms with Crippen LogP contribution >= 0.6 is 23.1 Å². The summed E-state index contributed by atoms with van der Waals surface area (Å²) in [7, 11) is 1.37. The average molecular weight is 459 g/mol. The smallest absolute Gasteiger partial charge is 0.318 e. The van der Waals surface area contributed by atoms with Crippen molar-refractivity contribution in [3.05, 3.63) is 56.7 Å². The van der Waals surface area contributed by atoms with Crippen molar-refractivity contribution >= 4 is 39.3 Å². The third kappa shape index (κ3) is 4.42. The third-order valence-corrected chi connectivity index (χ3v) is 7.70. The highest BCUT2D eigenvalue weighted by molar-refractivity contribution is 8.00. The van der Waals surface area contributed by atoms with E-state index in [-0.39, 0.29) is 17.6 Å². The van der Waals surface area contributed by atoms with Crippen LogP contribution in [-0.2, 0) is 33.8 Å². The molecule has 3 aromatic rings. The van der Waals surface area contributed by atoms with E-state index in [0.29, 0.717) is 34.4 Å². The number of ether oxygens (including phenoxy) is 2. The molecule has 0 amide bonds. The molecule has 1 aliphatic heterocycles. The summed E-state index contributed by atoms with van der Waals surface area (Å²) in [6.45, 7) is 6.95. The number of thiophene rings is 1. The first-order valence-corrected chi connectivity index (χ1v) is 12.0. The fraction of sp³-hybridized carbons (Fsp3) is 0.435. The van der Waals surface area contributed by atoms with E-state index in [0.717, 1.165) is 22.4 Å². The molecule has 2 aromatic heterocycles. The van der Waals surface area contributed by atoms with Gasteiger partial charge in [0, 0.05) is 11.3 Å². The van der Waals surface area contributed by atoms with Crippen LogP contribution in [0.3, 0.4) is 0 Å². The summed E-state index contributed by atoms with van der Waals surface area (Å²) in [6, 6.07) is 9.82. The Kier molecular flexibility index (Phi) is 6.50. The minimum absolute atomic E-state index is 0.0599.